The minimum absolute atomic E-state index is 0.0259. The van der Waals surface area contributed by atoms with Crippen molar-refractivity contribution in [3.8, 4) is 5.75 Å². The van der Waals surface area contributed by atoms with Crippen molar-refractivity contribution in [2.45, 2.75) is 19.3 Å². The predicted octanol–water partition coefficient (Wildman–Crippen LogP) is 3.65. The third kappa shape index (κ3) is 3.02. The van der Waals surface area contributed by atoms with Crippen molar-refractivity contribution in [3.63, 3.8) is 0 Å². The van der Waals surface area contributed by atoms with Crippen molar-refractivity contribution in [3.05, 3.63) is 65.1 Å². The summed E-state index contributed by atoms with van der Waals surface area (Å²) in [5.74, 6) is 0.465. The first-order valence-corrected chi connectivity index (χ1v) is 8.13. The van der Waals surface area contributed by atoms with Crippen LogP contribution < -0.4 is 4.74 Å². The van der Waals surface area contributed by atoms with Crippen LogP contribution in [0.15, 0.2) is 42.6 Å². The number of hydrogen-bond acceptors (Lipinski definition) is 2. The van der Waals surface area contributed by atoms with E-state index in [1.807, 2.05) is 31.4 Å². The predicted molar refractivity (Wildman–Crippen MR) is 94.1 cm³/mol. The average molecular weight is 327 g/mol. The topological polar surface area (TPSA) is 34.4 Å². The molecule has 0 spiro atoms. The van der Waals surface area contributed by atoms with Gasteiger partial charge in [0, 0.05) is 25.2 Å². The van der Waals surface area contributed by atoms with E-state index in [9.17, 15) is 9.50 Å². The van der Waals surface area contributed by atoms with E-state index < -0.39 is 0 Å². The molecule has 3 aromatic rings. The molecule has 0 radical (unpaired) electrons. The van der Waals surface area contributed by atoms with Crippen LogP contribution in [0, 0.1) is 5.82 Å². The van der Waals surface area contributed by atoms with Gasteiger partial charge >= 0.3 is 0 Å². The Hall–Kier alpha value is -2.33. The van der Waals surface area contributed by atoms with Gasteiger partial charge in [-0.15, -0.1) is 0 Å². The van der Waals surface area contributed by atoms with Gasteiger partial charge in [0.15, 0.2) is 0 Å². The Morgan fingerprint density at radius 2 is 1.83 bits per heavy atom. The maximum absolute atomic E-state index is 14.7. The van der Waals surface area contributed by atoms with Crippen molar-refractivity contribution in [1.82, 2.24) is 4.57 Å². The summed E-state index contributed by atoms with van der Waals surface area (Å²) in [4.78, 5) is 0. The average Bonchev–Trinajstić information content (AvgIpc) is 2.91. The fraction of sp³-hybridized carbons (Fsp3) is 0.300. The van der Waals surface area contributed by atoms with Crippen LogP contribution in [0.2, 0.25) is 0 Å². The summed E-state index contributed by atoms with van der Waals surface area (Å²) in [6.07, 6.45) is 3.88. The van der Waals surface area contributed by atoms with Crippen molar-refractivity contribution >= 4 is 10.9 Å². The molecule has 4 heteroatoms. The first-order chi connectivity index (χ1) is 11.7. The number of rotatable bonds is 6. The maximum Gasteiger partial charge on any atom is 0.147 e. The number of aromatic nitrogens is 1. The highest BCUT2D eigenvalue weighted by molar-refractivity contribution is 5.91. The molecule has 1 aromatic heterocycles. The number of hydrogen-bond donors (Lipinski definition) is 1. The fourth-order valence-corrected chi connectivity index (χ4v) is 3.33. The van der Waals surface area contributed by atoms with Gasteiger partial charge in [-0.25, -0.2) is 4.39 Å². The largest absolute Gasteiger partial charge is 0.496 e. The van der Waals surface area contributed by atoms with Crippen molar-refractivity contribution < 1.29 is 14.2 Å². The summed E-state index contributed by atoms with van der Waals surface area (Å²) in [7, 11) is 3.43. The number of fused-ring (bicyclic) bond motifs is 1. The lowest BCUT2D eigenvalue weighted by Crippen LogP contribution is -2.00. The van der Waals surface area contributed by atoms with Crippen molar-refractivity contribution in [1.29, 1.82) is 0 Å². The smallest absolute Gasteiger partial charge is 0.147 e. The van der Waals surface area contributed by atoms with E-state index in [2.05, 4.69) is 12.1 Å². The van der Waals surface area contributed by atoms with E-state index >= 15 is 0 Å². The quantitative estimate of drug-likeness (QED) is 0.750. The maximum atomic E-state index is 14.7. The van der Waals surface area contributed by atoms with Crippen LogP contribution in [-0.4, -0.2) is 23.4 Å². The van der Waals surface area contributed by atoms with E-state index in [1.165, 1.54) is 5.56 Å². The molecule has 24 heavy (non-hydrogen) atoms. The lowest BCUT2D eigenvalue weighted by atomic mass is 9.99. The Morgan fingerprint density at radius 3 is 2.50 bits per heavy atom. The summed E-state index contributed by atoms with van der Waals surface area (Å²) < 4.78 is 22.1. The molecule has 0 aliphatic rings. The zero-order valence-electron chi connectivity index (χ0n) is 14.1. The molecule has 0 aliphatic carbocycles. The van der Waals surface area contributed by atoms with E-state index in [0.29, 0.717) is 24.1 Å². The highest BCUT2D eigenvalue weighted by Crippen LogP contribution is 2.36. The summed E-state index contributed by atoms with van der Waals surface area (Å²) in [5.41, 5.74) is 3.51. The van der Waals surface area contributed by atoms with E-state index in [4.69, 9.17) is 4.74 Å². The van der Waals surface area contributed by atoms with Crippen molar-refractivity contribution in [2.24, 2.45) is 7.05 Å². The fourth-order valence-electron chi connectivity index (χ4n) is 3.33. The highest BCUT2D eigenvalue weighted by atomic mass is 19.1. The van der Waals surface area contributed by atoms with Gasteiger partial charge in [-0.05, 0) is 42.0 Å². The second-order valence-electron chi connectivity index (χ2n) is 6.00. The molecule has 2 aromatic carbocycles. The van der Waals surface area contributed by atoms with Gasteiger partial charge in [-0.3, -0.25) is 0 Å². The number of aryl methyl sites for hydroxylation is 3. The Morgan fingerprint density at radius 1 is 1.08 bits per heavy atom. The summed E-state index contributed by atoms with van der Waals surface area (Å²) in [6.45, 7) is 0.0259. The lowest BCUT2D eigenvalue weighted by molar-refractivity contribution is 0.300. The molecule has 1 N–H and O–H groups in total. The van der Waals surface area contributed by atoms with Gasteiger partial charge in [0.2, 0.25) is 0 Å². The zero-order chi connectivity index (χ0) is 17.1. The highest BCUT2D eigenvalue weighted by Gasteiger charge is 2.19. The molecular formula is C20H22FNO2. The van der Waals surface area contributed by atoms with Gasteiger partial charge in [0.05, 0.1) is 12.6 Å². The molecule has 0 atom stereocenters. The number of ether oxygens (including phenoxy) is 1. The van der Waals surface area contributed by atoms with Gasteiger partial charge in [0.1, 0.15) is 11.6 Å². The van der Waals surface area contributed by atoms with E-state index in [1.54, 1.807) is 17.7 Å². The Balaban J connectivity index is 2.06. The molecular weight excluding hydrogens is 305 g/mol. The summed E-state index contributed by atoms with van der Waals surface area (Å²) in [6, 6.07) is 11.7. The summed E-state index contributed by atoms with van der Waals surface area (Å²) in [5, 5.41) is 10.1. The molecule has 0 bridgehead atoms. The molecule has 0 saturated heterocycles. The molecule has 0 unspecified atom stereocenters. The number of halogens is 1. The van der Waals surface area contributed by atoms with Gasteiger partial charge in [-0.1, -0.05) is 30.3 Å². The first kappa shape index (κ1) is 16.5. The molecule has 126 valence electrons. The molecule has 0 fully saturated rings. The Bertz CT molecular complexity index is 840. The van der Waals surface area contributed by atoms with Gasteiger partial charge < -0.3 is 14.4 Å². The first-order valence-electron chi connectivity index (χ1n) is 8.13. The van der Waals surface area contributed by atoms with Gasteiger partial charge in [0.25, 0.3) is 0 Å². The second kappa shape index (κ2) is 7.05. The molecule has 0 amide bonds. The number of aliphatic hydroxyl groups is 1. The molecule has 0 aliphatic heterocycles. The zero-order valence-corrected chi connectivity index (χ0v) is 14.1. The lowest BCUT2D eigenvalue weighted by Gasteiger charge is -2.13. The normalized spacial score (nSPS) is 11.2. The summed E-state index contributed by atoms with van der Waals surface area (Å²) >= 11 is 0. The third-order valence-corrected chi connectivity index (χ3v) is 4.42. The monoisotopic (exact) mass is 327 g/mol. The van der Waals surface area contributed by atoms with Crippen LogP contribution in [-0.2, 0) is 26.3 Å². The molecule has 3 rings (SSSR count). The number of aliphatic hydroxyl groups excluding tert-OH is 1. The van der Waals surface area contributed by atoms with Crippen LogP contribution in [0.25, 0.3) is 10.9 Å². The minimum Gasteiger partial charge on any atom is -0.496 e. The Kier molecular flexibility index (Phi) is 4.86. The standard InChI is InChI=1S/C20H22FNO2/c1-22-13-16(10-11-23)18-19(22)17(21)12-15(20(18)24-2)9-8-14-6-4-3-5-7-14/h3-7,12-13,23H,8-11H2,1-2H3. The van der Waals surface area contributed by atoms with Crippen LogP contribution in [0.5, 0.6) is 5.75 Å². The van der Waals surface area contributed by atoms with Crippen LogP contribution in [0.4, 0.5) is 4.39 Å². The molecule has 0 saturated carbocycles. The van der Waals surface area contributed by atoms with Crippen LogP contribution in [0.1, 0.15) is 16.7 Å². The molecule has 3 nitrogen and oxygen atoms in total. The van der Waals surface area contributed by atoms with Crippen LogP contribution in [0.3, 0.4) is 0 Å². The third-order valence-electron chi connectivity index (χ3n) is 4.42. The Labute approximate surface area is 141 Å². The minimum atomic E-state index is -0.249. The second-order valence-corrected chi connectivity index (χ2v) is 6.00. The van der Waals surface area contributed by atoms with E-state index in [-0.39, 0.29) is 12.4 Å². The SMILES string of the molecule is COc1c(CCc2ccccc2)cc(F)c2c1c(CCO)cn2C. The molecule has 1 heterocycles. The van der Waals surface area contributed by atoms with E-state index in [0.717, 1.165) is 22.9 Å². The number of benzene rings is 2. The number of methoxy groups -OCH3 is 1. The van der Waals surface area contributed by atoms with Gasteiger partial charge in [-0.2, -0.15) is 0 Å². The van der Waals surface area contributed by atoms with Crippen molar-refractivity contribution in [2.75, 3.05) is 13.7 Å². The number of nitrogens with zero attached hydrogens (tertiary/aromatic N) is 1. The van der Waals surface area contributed by atoms with Crippen LogP contribution >= 0.6 is 0 Å².